The van der Waals surface area contributed by atoms with Crippen LogP contribution in [0, 0.1) is 20.8 Å². The Hall–Kier alpha value is -2.78. The molecule has 0 N–H and O–H groups in total. The average Bonchev–Trinajstić information content (AvgIpc) is 2.68. The molecule has 1 aliphatic rings. The Labute approximate surface area is 170 Å². The number of anilines is 1. The number of benzene rings is 3. The third kappa shape index (κ3) is 3.16. The van der Waals surface area contributed by atoms with E-state index in [4.69, 9.17) is 16.3 Å². The first-order chi connectivity index (χ1) is 13.5. The summed E-state index contributed by atoms with van der Waals surface area (Å²) in [4.78, 5) is 14.9. The van der Waals surface area contributed by atoms with Crippen molar-refractivity contribution in [2.75, 3.05) is 4.90 Å². The predicted molar refractivity (Wildman–Crippen MR) is 113 cm³/mol. The molecule has 0 radical (unpaired) electrons. The standard InChI is InChI=1S/C24H22ClNO2/c1-15-12-13-18(14-17(15)3)26-22(19-9-5-6-10-20(19)25)23(24(26)27)28-21-11-7-4-8-16(21)2/h4-14,22-23H,1-3H3/t22-,23-/m1/s1. The summed E-state index contributed by atoms with van der Waals surface area (Å²) >= 11 is 6.49. The highest BCUT2D eigenvalue weighted by Gasteiger charge is 2.51. The Morgan fingerprint density at radius 3 is 2.29 bits per heavy atom. The Bertz CT molecular complexity index is 1050. The first kappa shape index (κ1) is 18.6. The van der Waals surface area contributed by atoms with E-state index in [-0.39, 0.29) is 11.9 Å². The largest absolute Gasteiger partial charge is 0.478 e. The lowest BCUT2D eigenvalue weighted by atomic mass is 9.89. The first-order valence-electron chi connectivity index (χ1n) is 9.34. The molecule has 1 saturated heterocycles. The Morgan fingerprint density at radius 2 is 1.57 bits per heavy atom. The van der Waals surface area contributed by atoms with Gasteiger partial charge in [-0.2, -0.15) is 0 Å². The highest BCUT2D eigenvalue weighted by atomic mass is 35.5. The van der Waals surface area contributed by atoms with Crippen LogP contribution in [0.4, 0.5) is 5.69 Å². The second kappa shape index (κ2) is 7.33. The number of amides is 1. The summed E-state index contributed by atoms with van der Waals surface area (Å²) in [7, 11) is 0. The van der Waals surface area contributed by atoms with Crippen LogP contribution in [0.25, 0.3) is 0 Å². The minimum absolute atomic E-state index is 0.0589. The third-order valence-corrected chi connectivity index (χ3v) is 5.73. The molecule has 0 saturated carbocycles. The number of hydrogen-bond acceptors (Lipinski definition) is 2. The Kier molecular flexibility index (Phi) is 4.86. The number of halogens is 1. The molecule has 1 amide bonds. The summed E-state index contributed by atoms with van der Waals surface area (Å²) in [6.07, 6.45) is -0.609. The van der Waals surface area contributed by atoms with Gasteiger partial charge in [0.2, 0.25) is 6.10 Å². The molecule has 0 bridgehead atoms. The van der Waals surface area contributed by atoms with E-state index in [1.165, 1.54) is 5.56 Å². The van der Waals surface area contributed by atoms with Crippen molar-refractivity contribution in [3.8, 4) is 5.75 Å². The van der Waals surface area contributed by atoms with Crippen molar-refractivity contribution in [3.63, 3.8) is 0 Å². The van der Waals surface area contributed by atoms with Crippen molar-refractivity contribution >= 4 is 23.2 Å². The fraction of sp³-hybridized carbons (Fsp3) is 0.208. The maximum atomic E-state index is 13.1. The van der Waals surface area contributed by atoms with Gasteiger partial charge < -0.3 is 4.74 Å². The van der Waals surface area contributed by atoms with Gasteiger partial charge in [0, 0.05) is 10.7 Å². The SMILES string of the molecule is Cc1ccc(N2C(=O)[C@H](Oc3ccccc3C)[C@H]2c2ccccc2Cl)cc1C. The van der Waals surface area contributed by atoms with Gasteiger partial charge in [-0.3, -0.25) is 9.69 Å². The summed E-state index contributed by atoms with van der Waals surface area (Å²) < 4.78 is 6.17. The molecule has 0 spiro atoms. The third-order valence-electron chi connectivity index (χ3n) is 5.39. The molecular weight excluding hydrogens is 370 g/mol. The molecule has 1 aliphatic heterocycles. The van der Waals surface area contributed by atoms with Gasteiger partial charge in [0.15, 0.2) is 0 Å². The first-order valence-corrected chi connectivity index (χ1v) is 9.72. The molecule has 28 heavy (non-hydrogen) atoms. The molecule has 1 fully saturated rings. The lowest BCUT2D eigenvalue weighted by molar-refractivity contribution is -0.135. The van der Waals surface area contributed by atoms with Crippen LogP contribution in [0.5, 0.6) is 5.75 Å². The molecule has 4 heteroatoms. The Morgan fingerprint density at radius 1 is 0.857 bits per heavy atom. The Balaban J connectivity index is 1.75. The van der Waals surface area contributed by atoms with Crippen LogP contribution < -0.4 is 9.64 Å². The molecule has 4 rings (SSSR count). The van der Waals surface area contributed by atoms with Crippen molar-refractivity contribution in [2.24, 2.45) is 0 Å². The minimum atomic E-state index is -0.609. The van der Waals surface area contributed by atoms with E-state index in [2.05, 4.69) is 13.8 Å². The predicted octanol–water partition coefficient (Wildman–Crippen LogP) is 5.80. The van der Waals surface area contributed by atoms with E-state index in [9.17, 15) is 4.79 Å². The van der Waals surface area contributed by atoms with Crippen LogP contribution in [0.3, 0.4) is 0 Å². The molecule has 0 unspecified atom stereocenters. The van der Waals surface area contributed by atoms with E-state index in [0.717, 1.165) is 28.1 Å². The molecule has 142 valence electrons. The lowest BCUT2D eigenvalue weighted by Gasteiger charge is -2.47. The molecule has 3 aromatic rings. The quantitative estimate of drug-likeness (QED) is 0.526. The van der Waals surface area contributed by atoms with E-state index in [1.54, 1.807) is 4.90 Å². The number of β-lactam (4-membered cyclic amide) rings is 1. The highest BCUT2D eigenvalue weighted by Crippen LogP contribution is 2.44. The van der Waals surface area contributed by atoms with Gasteiger partial charge >= 0.3 is 0 Å². The number of para-hydroxylation sites is 1. The molecule has 0 aromatic heterocycles. The average molecular weight is 392 g/mol. The maximum absolute atomic E-state index is 13.1. The van der Waals surface area contributed by atoms with Gasteiger partial charge in [-0.1, -0.05) is 54.1 Å². The van der Waals surface area contributed by atoms with E-state index in [1.807, 2.05) is 73.7 Å². The van der Waals surface area contributed by atoms with Crippen molar-refractivity contribution in [3.05, 3.63) is 94.0 Å². The normalized spacial score (nSPS) is 18.7. The number of hydrogen-bond donors (Lipinski definition) is 0. The van der Waals surface area contributed by atoms with Crippen LogP contribution in [0.1, 0.15) is 28.3 Å². The van der Waals surface area contributed by atoms with Crippen LogP contribution in [0.15, 0.2) is 66.7 Å². The topological polar surface area (TPSA) is 29.5 Å². The zero-order valence-electron chi connectivity index (χ0n) is 16.1. The van der Waals surface area contributed by atoms with E-state index < -0.39 is 6.10 Å². The second-order valence-electron chi connectivity index (χ2n) is 7.25. The van der Waals surface area contributed by atoms with Crippen molar-refractivity contribution in [1.29, 1.82) is 0 Å². The van der Waals surface area contributed by atoms with Crippen molar-refractivity contribution in [2.45, 2.75) is 32.9 Å². The molecule has 1 heterocycles. The van der Waals surface area contributed by atoms with Gasteiger partial charge in [-0.15, -0.1) is 0 Å². The monoisotopic (exact) mass is 391 g/mol. The van der Waals surface area contributed by atoms with Gasteiger partial charge in [-0.05, 0) is 67.3 Å². The zero-order chi connectivity index (χ0) is 19.8. The molecule has 2 atom stereocenters. The summed E-state index contributed by atoms with van der Waals surface area (Å²) in [5.74, 6) is 0.661. The number of carbonyl (C=O) groups is 1. The maximum Gasteiger partial charge on any atom is 0.271 e. The summed E-state index contributed by atoms with van der Waals surface area (Å²) in [6.45, 7) is 6.09. The number of rotatable bonds is 4. The number of aryl methyl sites for hydroxylation is 3. The molecule has 3 aromatic carbocycles. The lowest BCUT2D eigenvalue weighted by Crippen LogP contribution is -2.61. The zero-order valence-corrected chi connectivity index (χ0v) is 16.9. The molecule has 0 aliphatic carbocycles. The minimum Gasteiger partial charge on any atom is -0.478 e. The molecular formula is C24H22ClNO2. The van der Waals surface area contributed by atoms with Gasteiger partial charge in [0.05, 0.1) is 0 Å². The van der Waals surface area contributed by atoms with E-state index >= 15 is 0 Å². The van der Waals surface area contributed by atoms with Gasteiger partial charge in [0.25, 0.3) is 5.91 Å². The highest BCUT2D eigenvalue weighted by molar-refractivity contribution is 6.31. The van der Waals surface area contributed by atoms with Gasteiger partial charge in [-0.25, -0.2) is 0 Å². The smallest absolute Gasteiger partial charge is 0.271 e. The van der Waals surface area contributed by atoms with Crippen molar-refractivity contribution in [1.82, 2.24) is 0 Å². The van der Waals surface area contributed by atoms with E-state index in [0.29, 0.717) is 5.02 Å². The fourth-order valence-electron chi connectivity index (χ4n) is 3.58. The van der Waals surface area contributed by atoms with Crippen LogP contribution in [-0.2, 0) is 4.79 Å². The number of ether oxygens (including phenoxy) is 1. The number of nitrogens with zero attached hydrogens (tertiary/aromatic N) is 1. The van der Waals surface area contributed by atoms with Crippen LogP contribution in [0.2, 0.25) is 5.02 Å². The summed E-state index contributed by atoms with van der Waals surface area (Å²) in [6, 6.07) is 21.2. The summed E-state index contributed by atoms with van der Waals surface area (Å²) in [5, 5.41) is 0.632. The van der Waals surface area contributed by atoms with Gasteiger partial charge in [0.1, 0.15) is 11.8 Å². The summed E-state index contributed by atoms with van der Waals surface area (Å²) in [5.41, 5.74) is 5.09. The van der Waals surface area contributed by atoms with Crippen LogP contribution in [-0.4, -0.2) is 12.0 Å². The van der Waals surface area contributed by atoms with Crippen molar-refractivity contribution < 1.29 is 9.53 Å². The fourth-order valence-corrected chi connectivity index (χ4v) is 3.83. The second-order valence-corrected chi connectivity index (χ2v) is 7.65. The molecule has 3 nitrogen and oxygen atoms in total. The number of carbonyl (C=O) groups excluding carboxylic acids is 1. The van der Waals surface area contributed by atoms with Crippen LogP contribution >= 0.6 is 11.6 Å².